The maximum Gasteiger partial charge on any atom is 0.158 e. The average molecular weight is 264 g/mol. The summed E-state index contributed by atoms with van der Waals surface area (Å²) < 4.78 is 0. The summed E-state index contributed by atoms with van der Waals surface area (Å²) in [6.07, 6.45) is 3.46. The van der Waals surface area contributed by atoms with Crippen LogP contribution in [-0.4, -0.2) is 29.9 Å². The minimum atomic E-state index is 0.719. The van der Waals surface area contributed by atoms with E-state index >= 15 is 0 Å². The minimum absolute atomic E-state index is 0.719. The van der Waals surface area contributed by atoms with Gasteiger partial charge in [0.2, 0.25) is 0 Å². The number of aromatic nitrogens is 6. The van der Waals surface area contributed by atoms with Crippen LogP contribution in [0.5, 0.6) is 0 Å². The second-order valence-corrected chi connectivity index (χ2v) is 4.84. The predicted octanol–water partition coefficient (Wildman–Crippen LogP) is 2.51. The molecule has 0 saturated carbocycles. The Kier molecular flexibility index (Phi) is 2.14. The number of benzene rings is 1. The Morgan fingerprint density at radius 2 is 1.65 bits per heavy atom. The third kappa shape index (κ3) is 1.65. The molecule has 0 fully saturated rings. The lowest BCUT2D eigenvalue weighted by Gasteiger charge is -1.94. The number of aromatic amines is 2. The second-order valence-electron chi connectivity index (χ2n) is 4.84. The molecule has 3 heterocycles. The van der Waals surface area contributed by atoms with Crippen LogP contribution in [0.25, 0.3) is 33.6 Å². The standard InChI is InChI=1S/C14H12N6/c1-7-5-16-13(6-15-7)14-19-11-3-9-10(4-12(11)20-14)18-8(2)17-9/h3-6H,1-2H3,(H,17,18)(H,19,20). The van der Waals surface area contributed by atoms with Crippen LogP contribution in [0.1, 0.15) is 11.5 Å². The van der Waals surface area contributed by atoms with Crippen molar-refractivity contribution >= 4 is 22.1 Å². The van der Waals surface area contributed by atoms with Gasteiger partial charge >= 0.3 is 0 Å². The normalized spacial score (nSPS) is 11.5. The number of hydrogen-bond acceptors (Lipinski definition) is 4. The van der Waals surface area contributed by atoms with Crippen molar-refractivity contribution in [2.45, 2.75) is 13.8 Å². The van der Waals surface area contributed by atoms with E-state index in [0.29, 0.717) is 0 Å². The molecule has 4 rings (SSSR count). The molecule has 0 unspecified atom stereocenters. The number of imidazole rings is 2. The zero-order valence-electron chi connectivity index (χ0n) is 11.1. The summed E-state index contributed by atoms with van der Waals surface area (Å²) in [5.41, 5.74) is 5.38. The van der Waals surface area contributed by atoms with E-state index in [1.807, 2.05) is 26.0 Å². The van der Waals surface area contributed by atoms with Crippen molar-refractivity contribution < 1.29 is 0 Å². The monoisotopic (exact) mass is 264 g/mol. The highest BCUT2D eigenvalue weighted by Crippen LogP contribution is 2.22. The van der Waals surface area contributed by atoms with Gasteiger partial charge in [-0.3, -0.25) is 4.98 Å². The number of rotatable bonds is 1. The Hall–Kier alpha value is -2.76. The number of fused-ring (bicyclic) bond motifs is 2. The van der Waals surface area contributed by atoms with Gasteiger partial charge in [0.1, 0.15) is 11.5 Å². The van der Waals surface area contributed by atoms with Crippen LogP contribution in [0.3, 0.4) is 0 Å². The van der Waals surface area contributed by atoms with E-state index < -0.39 is 0 Å². The number of nitrogens with zero attached hydrogens (tertiary/aromatic N) is 4. The molecular formula is C14H12N6. The van der Waals surface area contributed by atoms with Crippen molar-refractivity contribution in [2.24, 2.45) is 0 Å². The molecule has 0 spiro atoms. The van der Waals surface area contributed by atoms with Crippen molar-refractivity contribution in [3.05, 3.63) is 36.0 Å². The Labute approximate surface area is 114 Å². The fraction of sp³-hybridized carbons (Fsp3) is 0.143. The number of H-pyrrole nitrogens is 2. The molecule has 1 aromatic carbocycles. The first-order valence-corrected chi connectivity index (χ1v) is 6.34. The molecule has 0 aliphatic heterocycles. The highest BCUT2D eigenvalue weighted by atomic mass is 15.0. The van der Waals surface area contributed by atoms with Gasteiger partial charge in [-0.1, -0.05) is 0 Å². The molecule has 98 valence electrons. The van der Waals surface area contributed by atoms with Crippen molar-refractivity contribution in [1.29, 1.82) is 0 Å². The quantitative estimate of drug-likeness (QED) is 0.553. The first-order chi connectivity index (χ1) is 9.69. The Morgan fingerprint density at radius 3 is 2.45 bits per heavy atom. The number of hydrogen-bond donors (Lipinski definition) is 2. The molecule has 0 atom stereocenters. The first kappa shape index (κ1) is 11.1. The van der Waals surface area contributed by atoms with Gasteiger partial charge in [0.25, 0.3) is 0 Å². The summed E-state index contributed by atoms with van der Waals surface area (Å²) in [4.78, 5) is 24.0. The molecule has 4 aromatic rings. The minimum Gasteiger partial charge on any atom is -0.342 e. The van der Waals surface area contributed by atoms with Crippen LogP contribution in [-0.2, 0) is 0 Å². The van der Waals surface area contributed by atoms with Crippen LogP contribution in [0.15, 0.2) is 24.5 Å². The van der Waals surface area contributed by atoms with Crippen LogP contribution < -0.4 is 0 Å². The SMILES string of the molecule is Cc1cnc(-c2nc3cc4nc(C)[nH]c4cc3[nH]2)cn1. The lowest BCUT2D eigenvalue weighted by molar-refractivity contribution is 1.10. The van der Waals surface area contributed by atoms with Gasteiger partial charge in [0.05, 0.1) is 34.0 Å². The van der Waals surface area contributed by atoms with Gasteiger partial charge in [-0.25, -0.2) is 15.0 Å². The smallest absolute Gasteiger partial charge is 0.158 e. The van der Waals surface area contributed by atoms with Crippen LogP contribution in [0.2, 0.25) is 0 Å². The van der Waals surface area contributed by atoms with E-state index in [9.17, 15) is 0 Å². The van der Waals surface area contributed by atoms with Gasteiger partial charge < -0.3 is 9.97 Å². The highest BCUT2D eigenvalue weighted by Gasteiger charge is 2.09. The zero-order chi connectivity index (χ0) is 13.7. The molecule has 0 radical (unpaired) electrons. The number of nitrogens with one attached hydrogen (secondary N) is 2. The van der Waals surface area contributed by atoms with Gasteiger partial charge in [-0.05, 0) is 26.0 Å². The van der Waals surface area contributed by atoms with E-state index in [4.69, 9.17) is 0 Å². The third-order valence-corrected chi connectivity index (χ3v) is 3.23. The number of aryl methyl sites for hydroxylation is 2. The van der Waals surface area contributed by atoms with Crippen LogP contribution in [0.4, 0.5) is 0 Å². The second kappa shape index (κ2) is 3.86. The Balaban J connectivity index is 1.91. The Bertz CT molecular complexity index is 865. The van der Waals surface area contributed by atoms with E-state index in [1.54, 1.807) is 12.4 Å². The average Bonchev–Trinajstić information content (AvgIpc) is 2.97. The molecule has 6 nitrogen and oxygen atoms in total. The van der Waals surface area contributed by atoms with Gasteiger partial charge in [0, 0.05) is 6.20 Å². The topological polar surface area (TPSA) is 83.1 Å². The molecule has 0 saturated heterocycles. The zero-order valence-corrected chi connectivity index (χ0v) is 11.1. The first-order valence-electron chi connectivity index (χ1n) is 6.34. The summed E-state index contributed by atoms with van der Waals surface area (Å²) in [5.74, 6) is 1.62. The van der Waals surface area contributed by atoms with E-state index in [1.165, 1.54) is 0 Å². The highest BCUT2D eigenvalue weighted by molar-refractivity contribution is 5.92. The largest absolute Gasteiger partial charge is 0.342 e. The molecule has 2 N–H and O–H groups in total. The molecule has 0 bridgehead atoms. The van der Waals surface area contributed by atoms with Gasteiger partial charge in [-0.15, -0.1) is 0 Å². The summed E-state index contributed by atoms with van der Waals surface area (Å²) in [5, 5.41) is 0. The van der Waals surface area contributed by atoms with Gasteiger partial charge in [-0.2, -0.15) is 0 Å². The molecule has 0 aliphatic rings. The van der Waals surface area contributed by atoms with Crippen molar-refractivity contribution in [3.63, 3.8) is 0 Å². The van der Waals surface area contributed by atoms with E-state index in [0.717, 1.165) is 45.1 Å². The van der Waals surface area contributed by atoms with Crippen molar-refractivity contribution in [3.8, 4) is 11.5 Å². The van der Waals surface area contributed by atoms with Crippen molar-refractivity contribution in [1.82, 2.24) is 29.9 Å². The van der Waals surface area contributed by atoms with Crippen LogP contribution in [0, 0.1) is 13.8 Å². The molecule has 3 aromatic heterocycles. The van der Waals surface area contributed by atoms with Crippen molar-refractivity contribution in [2.75, 3.05) is 0 Å². The maximum atomic E-state index is 4.56. The fourth-order valence-corrected chi connectivity index (χ4v) is 2.28. The molecular weight excluding hydrogens is 252 g/mol. The van der Waals surface area contributed by atoms with E-state index in [-0.39, 0.29) is 0 Å². The predicted molar refractivity (Wildman–Crippen MR) is 76.2 cm³/mol. The molecule has 0 amide bonds. The van der Waals surface area contributed by atoms with Crippen LogP contribution >= 0.6 is 0 Å². The summed E-state index contributed by atoms with van der Waals surface area (Å²) in [6.45, 7) is 3.85. The third-order valence-electron chi connectivity index (χ3n) is 3.23. The summed E-state index contributed by atoms with van der Waals surface area (Å²) >= 11 is 0. The summed E-state index contributed by atoms with van der Waals surface area (Å²) in [7, 11) is 0. The lowest BCUT2D eigenvalue weighted by atomic mass is 10.3. The Morgan fingerprint density at radius 1 is 0.850 bits per heavy atom. The summed E-state index contributed by atoms with van der Waals surface area (Å²) in [6, 6.07) is 3.98. The molecule has 0 aliphatic carbocycles. The molecule has 6 heteroatoms. The lowest BCUT2D eigenvalue weighted by Crippen LogP contribution is -1.89. The fourth-order valence-electron chi connectivity index (χ4n) is 2.28. The van der Waals surface area contributed by atoms with E-state index in [2.05, 4.69) is 29.9 Å². The molecule has 20 heavy (non-hydrogen) atoms. The van der Waals surface area contributed by atoms with Gasteiger partial charge in [0.15, 0.2) is 5.82 Å². The maximum absolute atomic E-state index is 4.56.